The molecule has 0 aliphatic heterocycles. The molecule has 2 atom stereocenters. The van der Waals surface area contributed by atoms with Gasteiger partial charge in [-0.05, 0) is 43.2 Å². The van der Waals surface area contributed by atoms with E-state index in [9.17, 15) is 14.0 Å². The Labute approximate surface area is 156 Å². The quantitative estimate of drug-likeness (QED) is 0.652. The Morgan fingerprint density at radius 2 is 1.81 bits per heavy atom. The average molecular weight is 368 g/mol. The summed E-state index contributed by atoms with van der Waals surface area (Å²) in [5.41, 5.74) is 2.53. The van der Waals surface area contributed by atoms with Crippen LogP contribution in [0.3, 0.4) is 0 Å². The minimum Gasteiger partial charge on any atom is -0.452 e. The number of benzene rings is 2. The lowest BCUT2D eigenvalue weighted by atomic mass is 10.1. The van der Waals surface area contributed by atoms with Gasteiger partial charge < -0.3 is 15.0 Å². The Bertz CT molecular complexity index is 949. The first-order valence-electron chi connectivity index (χ1n) is 8.74. The number of para-hydroxylation sites is 1. The highest BCUT2D eigenvalue weighted by Gasteiger charge is 2.21. The number of H-pyrrole nitrogens is 1. The summed E-state index contributed by atoms with van der Waals surface area (Å²) >= 11 is 0. The third-order valence-corrected chi connectivity index (χ3v) is 4.42. The Hall–Kier alpha value is -3.15. The van der Waals surface area contributed by atoms with Crippen LogP contribution in [0, 0.1) is 5.82 Å². The van der Waals surface area contributed by atoms with Crippen molar-refractivity contribution in [1.29, 1.82) is 0 Å². The van der Waals surface area contributed by atoms with Crippen LogP contribution < -0.4 is 5.32 Å². The fraction of sp³-hybridized carbons (Fsp3) is 0.238. The normalized spacial score (nSPS) is 13.1. The highest BCUT2D eigenvalue weighted by Crippen LogP contribution is 2.19. The fourth-order valence-corrected chi connectivity index (χ4v) is 2.89. The summed E-state index contributed by atoms with van der Waals surface area (Å²) in [4.78, 5) is 27.6. The van der Waals surface area contributed by atoms with Crippen molar-refractivity contribution in [3.05, 3.63) is 71.7 Å². The van der Waals surface area contributed by atoms with E-state index in [1.54, 1.807) is 25.3 Å². The van der Waals surface area contributed by atoms with Crippen molar-refractivity contribution in [3.63, 3.8) is 0 Å². The van der Waals surface area contributed by atoms with Crippen LogP contribution >= 0.6 is 0 Å². The molecule has 3 aromatic rings. The van der Waals surface area contributed by atoms with E-state index in [0.717, 1.165) is 22.0 Å². The third-order valence-electron chi connectivity index (χ3n) is 4.42. The zero-order valence-corrected chi connectivity index (χ0v) is 15.2. The lowest BCUT2D eigenvalue weighted by molar-refractivity contribution is -0.154. The van der Waals surface area contributed by atoms with E-state index >= 15 is 0 Å². The summed E-state index contributed by atoms with van der Waals surface area (Å²) in [5.74, 6) is -1.22. The summed E-state index contributed by atoms with van der Waals surface area (Å²) in [5, 5.41) is 3.72. The van der Waals surface area contributed by atoms with Crippen LogP contribution in [0.4, 0.5) is 4.39 Å². The van der Waals surface area contributed by atoms with Crippen molar-refractivity contribution < 1.29 is 18.7 Å². The molecule has 0 spiro atoms. The summed E-state index contributed by atoms with van der Waals surface area (Å²) in [6.45, 7) is 3.31. The number of nitrogens with one attached hydrogen (secondary N) is 2. The minimum atomic E-state index is -0.925. The summed E-state index contributed by atoms with van der Waals surface area (Å²) in [6.07, 6.45) is 0.924. The monoisotopic (exact) mass is 368 g/mol. The van der Waals surface area contributed by atoms with Crippen LogP contribution in [0.2, 0.25) is 0 Å². The second-order valence-electron chi connectivity index (χ2n) is 6.45. The number of hydrogen-bond acceptors (Lipinski definition) is 3. The molecule has 5 nitrogen and oxygen atoms in total. The second kappa shape index (κ2) is 8.03. The van der Waals surface area contributed by atoms with Gasteiger partial charge in [-0.15, -0.1) is 0 Å². The van der Waals surface area contributed by atoms with Gasteiger partial charge >= 0.3 is 5.97 Å². The van der Waals surface area contributed by atoms with Gasteiger partial charge in [0, 0.05) is 17.1 Å². The lowest BCUT2D eigenvalue weighted by Crippen LogP contribution is -2.37. The van der Waals surface area contributed by atoms with Crippen molar-refractivity contribution >= 4 is 22.8 Å². The molecule has 0 saturated heterocycles. The van der Waals surface area contributed by atoms with Gasteiger partial charge in [-0.2, -0.15) is 0 Å². The molecule has 3 rings (SSSR count). The number of hydrogen-bond donors (Lipinski definition) is 2. The van der Waals surface area contributed by atoms with E-state index < -0.39 is 18.0 Å². The first-order valence-corrected chi connectivity index (χ1v) is 8.74. The van der Waals surface area contributed by atoms with Gasteiger partial charge in [0.1, 0.15) is 5.82 Å². The van der Waals surface area contributed by atoms with Crippen LogP contribution in [-0.4, -0.2) is 23.0 Å². The number of carbonyl (C=O) groups is 2. The standard InChI is InChI=1S/C21H21FN2O3/c1-13(15-7-9-17(22)10-8-15)24-21(26)14(2)27-20(25)11-16-12-23-19-6-4-3-5-18(16)19/h3-10,12-14,23H,11H2,1-2H3,(H,24,26). The molecule has 0 bridgehead atoms. The topological polar surface area (TPSA) is 71.2 Å². The van der Waals surface area contributed by atoms with E-state index in [-0.39, 0.29) is 18.3 Å². The zero-order valence-electron chi connectivity index (χ0n) is 15.2. The summed E-state index contributed by atoms with van der Waals surface area (Å²) < 4.78 is 18.3. The zero-order chi connectivity index (χ0) is 19.4. The lowest BCUT2D eigenvalue weighted by Gasteiger charge is -2.18. The molecule has 27 heavy (non-hydrogen) atoms. The van der Waals surface area contributed by atoms with Gasteiger partial charge in [0.15, 0.2) is 6.10 Å². The number of fused-ring (bicyclic) bond motifs is 1. The number of carbonyl (C=O) groups excluding carboxylic acids is 2. The number of halogens is 1. The molecule has 0 radical (unpaired) electrons. The SMILES string of the molecule is CC(OC(=O)Cc1c[nH]c2ccccc12)C(=O)NC(C)c1ccc(F)cc1. The number of rotatable bonds is 6. The van der Waals surface area contributed by atoms with Gasteiger partial charge in [-0.1, -0.05) is 30.3 Å². The maximum Gasteiger partial charge on any atom is 0.311 e. The fourth-order valence-electron chi connectivity index (χ4n) is 2.89. The first kappa shape index (κ1) is 18.6. The molecule has 2 N–H and O–H groups in total. The molecule has 1 heterocycles. The van der Waals surface area contributed by atoms with Crippen molar-refractivity contribution in [1.82, 2.24) is 10.3 Å². The number of esters is 1. The summed E-state index contributed by atoms with van der Waals surface area (Å²) in [7, 11) is 0. The molecule has 0 aliphatic carbocycles. The third kappa shape index (κ3) is 4.53. The van der Waals surface area contributed by atoms with Crippen LogP contribution in [0.15, 0.2) is 54.7 Å². The molecule has 0 fully saturated rings. The van der Waals surface area contributed by atoms with E-state index in [4.69, 9.17) is 4.74 Å². The van der Waals surface area contributed by atoms with Crippen molar-refractivity contribution in [3.8, 4) is 0 Å². The number of amides is 1. The van der Waals surface area contributed by atoms with Crippen LogP contribution in [0.5, 0.6) is 0 Å². The van der Waals surface area contributed by atoms with Crippen LogP contribution in [0.25, 0.3) is 10.9 Å². The summed E-state index contributed by atoms with van der Waals surface area (Å²) in [6, 6.07) is 13.2. The van der Waals surface area contributed by atoms with Crippen LogP contribution in [-0.2, 0) is 20.7 Å². The predicted molar refractivity (Wildman–Crippen MR) is 101 cm³/mol. The van der Waals surface area contributed by atoms with Gasteiger partial charge in [-0.3, -0.25) is 9.59 Å². The molecular weight excluding hydrogens is 347 g/mol. The van der Waals surface area contributed by atoms with Crippen molar-refractivity contribution in [2.75, 3.05) is 0 Å². The second-order valence-corrected chi connectivity index (χ2v) is 6.45. The Balaban J connectivity index is 1.55. The van der Waals surface area contributed by atoms with E-state index in [1.807, 2.05) is 24.3 Å². The van der Waals surface area contributed by atoms with Crippen molar-refractivity contribution in [2.45, 2.75) is 32.4 Å². The number of aromatic amines is 1. The molecule has 2 unspecified atom stereocenters. The average Bonchev–Trinajstić information content (AvgIpc) is 3.05. The molecule has 1 amide bonds. The molecule has 1 aromatic heterocycles. The van der Waals surface area contributed by atoms with E-state index in [2.05, 4.69) is 10.3 Å². The molecule has 0 aliphatic rings. The largest absolute Gasteiger partial charge is 0.452 e. The molecule has 0 saturated carbocycles. The molecule has 6 heteroatoms. The highest BCUT2D eigenvalue weighted by atomic mass is 19.1. The van der Waals surface area contributed by atoms with Gasteiger partial charge in [-0.25, -0.2) is 4.39 Å². The van der Waals surface area contributed by atoms with Gasteiger partial charge in [0.05, 0.1) is 12.5 Å². The van der Waals surface area contributed by atoms with Crippen LogP contribution in [0.1, 0.15) is 31.0 Å². The van der Waals surface area contributed by atoms with Gasteiger partial charge in [0.25, 0.3) is 5.91 Å². The Morgan fingerprint density at radius 1 is 1.11 bits per heavy atom. The Kier molecular flexibility index (Phi) is 5.54. The molecule has 140 valence electrons. The maximum absolute atomic E-state index is 13.0. The highest BCUT2D eigenvalue weighted by molar-refractivity contribution is 5.88. The first-order chi connectivity index (χ1) is 12.9. The predicted octanol–water partition coefficient (Wildman–Crippen LogP) is 3.66. The number of aromatic nitrogens is 1. The Morgan fingerprint density at radius 3 is 2.56 bits per heavy atom. The van der Waals surface area contributed by atoms with E-state index in [0.29, 0.717) is 0 Å². The number of ether oxygens (including phenoxy) is 1. The maximum atomic E-state index is 13.0. The van der Waals surface area contributed by atoms with Gasteiger partial charge in [0.2, 0.25) is 0 Å². The molecule has 2 aromatic carbocycles. The van der Waals surface area contributed by atoms with Crippen molar-refractivity contribution in [2.24, 2.45) is 0 Å². The molecular formula is C21H21FN2O3. The smallest absolute Gasteiger partial charge is 0.311 e. The minimum absolute atomic E-state index is 0.0785. The van der Waals surface area contributed by atoms with E-state index in [1.165, 1.54) is 19.1 Å².